The number of ether oxygens (including phenoxy) is 1. The molecule has 3 N–H and O–H groups in total. The van der Waals surface area contributed by atoms with E-state index in [9.17, 15) is 14.0 Å². The first-order valence-electron chi connectivity index (χ1n) is 4.86. The van der Waals surface area contributed by atoms with Crippen LogP contribution in [0.5, 0.6) is 0 Å². The van der Waals surface area contributed by atoms with Crippen molar-refractivity contribution in [2.24, 2.45) is 5.73 Å². The highest BCUT2D eigenvalue weighted by Gasteiger charge is 2.06. The minimum absolute atomic E-state index is 0.0140. The van der Waals surface area contributed by atoms with Crippen LogP contribution < -0.4 is 11.1 Å². The van der Waals surface area contributed by atoms with Gasteiger partial charge in [0.05, 0.1) is 6.61 Å². The van der Waals surface area contributed by atoms with Crippen LogP contribution in [0.2, 0.25) is 0 Å². The third kappa shape index (κ3) is 5.03. The summed E-state index contributed by atoms with van der Waals surface area (Å²) in [6.07, 6.45) is 0. The minimum Gasteiger partial charge on any atom is -0.370 e. The molecule has 6 nitrogen and oxygen atoms in total. The van der Waals surface area contributed by atoms with E-state index in [1.165, 1.54) is 12.1 Å². The Bertz CT molecular complexity index is 412. The zero-order valence-corrected chi connectivity index (χ0v) is 8.98. The van der Waals surface area contributed by atoms with Gasteiger partial charge in [0.2, 0.25) is 11.9 Å². The van der Waals surface area contributed by atoms with Crippen LogP contribution >= 0.6 is 0 Å². The van der Waals surface area contributed by atoms with Gasteiger partial charge in [-0.15, -0.1) is 0 Å². The Kier molecular flexibility index (Phi) is 5.02. The van der Waals surface area contributed by atoms with E-state index < -0.39 is 17.8 Å². The van der Waals surface area contributed by atoms with E-state index in [0.29, 0.717) is 0 Å². The number of hydrogen-bond acceptors (Lipinski definition) is 4. The summed E-state index contributed by atoms with van der Waals surface area (Å²) in [6, 6.07) is 3.93. The summed E-state index contributed by atoms with van der Waals surface area (Å²) >= 11 is 0. The molecule has 0 saturated carbocycles. The molecule has 0 aliphatic heterocycles. The number of hydrogen-bond donors (Lipinski definition) is 2. The van der Waals surface area contributed by atoms with E-state index in [1.807, 2.05) is 0 Å². The number of pyridine rings is 1. The molecule has 0 spiro atoms. The quantitative estimate of drug-likeness (QED) is 0.516. The topological polar surface area (TPSA) is 94.3 Å². The van der Waals surface area contributed by atoms with Crippen LogP contribution in [0.3, 0.4) is 0 Å². The first kappa shape index (κ1) is 13.0. The van der Waals surface area contributed by atoms with Crippen molar-refractivity contribution in [1.29, 1.82) is 0 Å². The third-order valence-electron chi connectivity index (χ3n) is 1.72. The number of nitrogens with one attached hydrogen (secondary N) is 1. The highest BCUT2D eigenvalue weighted by atomic mass is 19.1. The van der Waals surface area contributed by atoms with Crippen molar-refractivity contribution in [3.05, 3.63) is 29.8 Å². The van der Waals surface area contributed by atoms with Crippen molar-refractivity contribution in [2.75, 3.05) is 19.8 Å². The molecule has 2 amide bonds. The van der Waals surface area contributed by atoms with Crippen molar-refractivity contribution in [1.82, 2.24) is 10.3 Å². The predicted octanol–water partition coefficient (Wildman–Crippen LogP) is -0.548. The monoisotopic (exact) mass is 241 g/mol. The van der Waals surface area contributed by atoms with Gasteiger partial charge in [-0.3, -0.25) is 9.59 Å². The summed E-state index contributed by atoms with van der Waals surface area (Å²) in [4.78, 5) is 25.1. The van der Waals surface area contributed by atoms with Crippen LogP contribution in [0.15, 0.2) is 18.2 Å². The SMILES string of the molecule is NC(=O)COCCNC(=O)c1cccc(F)n1. The van der Waals surface area contributed by atoms with Crippen LogP contribution in [-0.2, 0) is 9.53 Å². The molecular formula is C10H12FN3O3. The lowest BCUT2D eigenvalue weighted by atomic mass is 10.3. The largest absolute Gasteiger partial charge is 0.370 e. The zero-order valence-electron chi connectivity index (χ0n) is 8.98. The van der Waals surface area contributed by atoms with Crippen LogP contribution in [0.1, 0.15) is 10.5 Å². The Morgan fingerprint density at radius 3 is 2.88 bits per heavy atom. The maximum atomic E-state index is 12.7. The normalized spacial score (nSPS) is 9.94. The standard InChI is InChI=1S/C10H12FN3O3/c11-8-3-1-2-7(14-8)10(16)13-4-5-17-6-9(12)15/h1-3H,4-6H2,(H2,12,15)(H,13,16). The molecule has 7 heteroatoms. The molecule has 0 saturated heterocycles. The maximum Gasteiger partial charge on any atom is 0.270 e. The van der Waals surface area contributed by atoms with Gasteiger partial charge in [0, 0.05) is 6.54 Å². The molecular weight excluding hydrogens is 229 g/mol. The van der Waals surface area contributed by atoms with E-state index in [0.717, 1.165) is 6.07 Å². The van der Waals surface area contributed by atoms with Crippen molar-refractivity contribution < 1.29 is 18.7 Å². The minimum atomic E-state index is -0.720. The Hall–Kier alpha value is -2.02. The molecule has 92 valence electrons. The van der Waals surface area contributed by atoms with Gasteiger partial charge in [-0.25, -0.2) is 4.98 Å². The highest BCUT2D eigenvalue weighted by molar-refractivity contribution is 5.92. The smallest absolute Gasteiger partial charge is 0.270 e. The number of aromatic nitrogens is 1. The molecule has 1 aromatic heterocycles. The van der Waals surface area contributed by atoms with E-state index in [4.69, 9.17) is 10.5 Å². The predicted molar refractivity (Wildman–Crippen MR) is 56.5 cm³/mol. The molecule has 0 bridgehead atoms. The van der Waals surface area contributed by atoms with Gasteiger partial charge in [0.15, 0.2) is 0 Å². The number of amides is 2. The van der Waals surface area contributed by atoms with Gasteiger partial charge >= 0.3 is 0 Å². The molecule has 0 fully saturated rings. The second-order valence-electron chi connectivity index (χ2n) is 3.12. The Morgan fingerprint density at radius 1 is 1.47 bits per heavy atom. The molecule has 17 heavy (non-hydrogen) atoms. The summed E-state index contributed by atoms with van der Waals surface area (Å²) in [6.45, 7) is 0.127. The van der Waals surface area contributed by atoms with Gasteiger partial charge in [-0.05, 0) is 12.1 Å². The summed E-state index contributed by atoms with van der Waals surface area (Å²) < 4.78 is 17.5. The number of halogens is 1. The fraction of sp³-hybridized carbons (Fsp3) is 0.300. The van der Waals surface area contributed by atoms with E-state index >= 15 is 0 Å². The number of primary amides is 1. The van der Waals surface area contributed by atoms with Crippen molar-refractivity contribution >= 4 is 11.8 Å². The summed E-state index contributed by atoms with van der Waals surface area (Å²) in [5.41, 5.74) is 4.83. The van der Waals surface area contributed by atoms with Crippen molar-refractivity contribution in [2.45, 2.75) is 0 Å². The van der Waals surface area contributed by atoms with Gasteiger partial charge in [0.1, 0.15) is 12.3 Å². The second-order valence-corrected chi connectivity index (χ2v) is 3.12. The van der Waals surface area contributed by atoms with Crippen molar-refractivity contribution in [3.8, 4) is 0 Å². The zero-order chi connectivity index (χ0) is 12.7. The molecule has 1 rings (SSSR count). The van der Waals surface area contributed by atoms with Gasteiger partial charge < -0.3 is 15.8 Å². The molecule has 1 aromatic rings. The Balaban J connectivity index is 2.28. The van der Waals surface area contributed by atoms with E-state index in [1.54, 1.807) is 0 Å². The Morgan fingerprint density at radius 2 is 2.24 bits per heavy atom. The fourth-order valence-corrected chi connectivity index (χ4v) is 1.03. The lowest BCUT2D eigenvalue weighted by molar-refractivity contribution is -0.122. The lowest BCUT2D eigenvalue weighted by Gasteiger charge is -2.04. The average molecular weight is 241 g/mol. The third-order valence-corrected chi connectivity index (χ3v) is 1.72. The van der Waals surface area contributed by atoms with Gasteiger partial charge in [-0.2, -0.15) is 4.39 Å². The summed E-state index contributed by atoms with van der Waals surface area (Å²) in [5.74, 6) is -1.81. The maximum absolute atomic E-state index is 12.7. The molecule has 0 aliphatic carbocycles. The van der Waals surface area contributed by atoms with Crippen LogP contribution in [0.4, 0.5) is 4.39 Å². The van der Waals surface area contributed by atoms with Crippen LogP contribution in [0, 0.1) is 5.95 Å². The first-order valence-corrected chi connectivity index (χ1v) is 4.86. The molecule has 0 radical (unpaired) electrons. The first-order chi connectivity index (χ1) is 8.09. The molecule has 0 aromatic carbocycles. The number of nitrogens with zero attached hydrogens (tertiary/aromatic N) is 1. The fourth-order valence-electron chi connectivity index (χ4n) is 1.03. The number of carbonyl (C=O) groups is 2. The summed E-state index contributed by atoms with van der Waals surface area (Å²) in [5, 5.41) is 2.45. The van der Waals surface area contributed by atoms with Gasteiger partial charge in [0.25, 0.3) is 5.91 Å². The van der Waals surface area contributed by atoms with Crippen LogP contribution in [0.25, 0.3) is 0 Å². The molecule has 0 aliphatic rings. The van der Waals surface area contributed by atoms with Crippen LogP contribution in [-0.4, -0.2) is 36.6 Å². The number of rotatable bonds is 6. The second kappa shape index (κ2) is 6.54. The van der Waals surface area contributed by atoms with Crippen molar-refractivity contribution in [3.63, 3.8) is 0 Å². The van der Waals surface area contributed by atoms with Gasteiger partial charge in [-0.1, -0.05) is 6.07 Å². The molecule has 1 heterocycles. The molecule has 0 unspecified atom stereocenters. The number of carbonyl (C=O) groups excluding carboxylic acids is 2. The van der Waals surface area contributed by atoms with E-state index in [2.05, 4.69) is 10.3 Å². The summed E-state index contributed by atoms with van der Waals surface area (Å²) in [7, 11) is 0. The van der Waals surface area contributed by atoms with E-state index in [-0.39, 0.29) is 25.5 Å². The molecule has 0 atom stereocenters. The highest BCUT2D eigenvalue weighted by Crippen LogP contribution is 1.97. The Labute approximate surface area is 97.0 Å². The average Bonchev–Trinajstić information content (AvgIpc) is 2.28. The lowest BCUT2D eigenvalue weighted by Crippen LogP contribution is -2.29. The number of nitrogens with two attached hydrogens (primary N) is 1.